The van der Waals surface area contributed by atoms with Crippen LogP contribution in [-0.4, -0.2) is 36.3 Å². The molecule has 0 saturated heterocycles. The van der Waals surface area contributed by atoms with Crippen molar-refractivity contribution < 1.29 is 14.3 Å². The number of hydrogen-bond donors (Lipinski definition) is 3. The summed E-state index contributed by atoms with van der Waals surface area (Å²) >= 11 is 3.29. The average molecular weight is 380 g/mol. The van der Waals surface area contributed by atoms with Crippen LogP contribution in [0, 0.1) is 0 Å². The first kappa shape index (κ1) is 19.1. The average Bonchev–Trinajstić information content (AvgIpc) is 3.09. The van der Waals surface area contributed by atoms with Gasteiger partial charge in [-0.15, -0.1) is 11.3 Å². The van der Waals surface area contributed by atoms with Crippen LogP contribution in [0.25, 0.3) is 0 Å². The topological polar surface area (TPSA) is 92.3 Å². The molecule has 0 saturated carbocycles. The van der Waals surface area contributed by atoms with Gasteiger partial charge in [-0.25, -0.2) is 9.78 Å². The van der Waals surface area contributed by atoms with Crippen LogP contribution in [0.1, 0.15) is 13.3 Å². The van der Waals surface area contributed by atoms with Gasteiger partial charge in [0.15, 0.2) is 0 Å². The Balaban J connectivity index is 1.74. The summed E-state index contributed by atoms with van der Waals surface area (Å²) in [6.45, 7) is 2.00. The first-order valence-electron chi connectivity index (χ1n) is 7.61. The second-order valence-electron chi connectivity index (χ2n) is 4.98. The van der Waals surface area contributed by atoms with E-state index in [2.05, 4.69) is 20.9 Å². The fourth-order valence-electron chi connectivity index (χ4n) is 1.95. The van der Waals surface area contributed by atoms with Crippen LogP contribution in [-0.2, 0) is 4.79 Å². The maximum Gasteiger partial charge on any atom is 0.319 e. The van der Waals surface area contributed by atoms with E-state index in [9.17, 15) is 9.59 Å². The molecule has 2 rings (SSSR count). The number of nitrogens with zero attached hydrogens (tertiary/aromatic N) is 1. The van der Waals surface area contributed by atoms with Crippen LogP contribution in [0.2, 0.25) is 0 Å². The van der Waals surface area contributed by atoms with E-state index in [-0.39, 0.29) is 11.9 Å². The molecule has 0 radical (unpaired) electrons. The number of ether oxygens (including phenoxy) is 1. The van der Waals surface area contributed by atoms with Crippen molar-refractivity contribution in [3.8, 4) is 5.75 Å². The molecule has 7 nitrogen and oxygen atoms in total. The Kier molecular flexibility index (Phi) is 7.55. The summed E-state index contributed by atoms with van der Waals surface area (Å²) in [7, 11) is 1.50. The molecular formula is C16H20N4O3S2. The minimum Gasteiger partial charge on any atom is -0.494 e. The molecule has 0 aliphatic carbocycles. The number of aromatic nitrogens is 1. The monoisotopic (exact) mass is 380 g/mol. The van der Waals surface area contributed by atoms with E-state index in [0.29, 0.717) is 23.7 Å². The van der Waals surface area contributed by atoms with E-state index < -0.39 is 0 Å². The highest BCUT2D eigenvalue weighted by atomic mass is 32.2. The predicted molar refractivity (Wildman–Crippen MR) is 102 cm³/mol. The molecule has 134 valence electrons. The zero-order valence-corrected chi connectivity index (χ0v) is 15.6. The summed E-state index contributed by atoms with van der Waals surface area (Å²) in [4.78, 5) is 27.2. The second kappa shape index (κ2) is 9.90. The van der Waals surface area contributed by atoms with E-state index >= 15 is 0 Å². The van der Waals surface area contributed by atoms with Crippen molar-refractivity contribution in [3.63, 3.8) is 0 Å². The molecule has 0 unspecified atom stereocenters. The van der Waals surface area contributed by atoms with Crippen molar-refractivity contribution in [1.82, 2.24) is 10.3 Å². The van der Waals surface area contributed by atoms with Crippen molar-refractivity contribution in [2.75, 3.05) is 30.0 Å². The van der Waals surface area contributed by atoms with Gasteiger partial charge in [-0.05, 0) is 18.6 Å². The van der Waals surface area contributed by atoms with Crippen molar-refractivity contribution in [2.45, 2.75) is 17.7 Å². The zero-order valence-electron chi connectivity index (χ0n) is 14.0. The van der Waals surface area contributed by atoms with Crippen LogP contribution in [0.5, 0.6) is 5.75 Å². The summed E-state index contributed by atoms with van der Waals surface area (Å²) in [6.07, 6.45) is 2.63. The number of anilines is 2. The Bertz CT molecular complexity index is 707. The predicted octanol–water partition coefficient (Wildman–Crippen LogP) is 3.41. The smallest absolute Gasteiger partial charge is 0.319 e. The fourth-order valence-corrected chi connectivity index (χ4v) is 3.60. The molecule has 0 atom stereocenters. The highest BCUT2D eigenvalue weighted by Gasteiger charge is 2.08. The van der Waals surface area contributed by atoms with Crippen molar-refractivity contribution >= 4 is 46.4 Å². The Morgan fingerprint density at radius 1 is 1.32 bits per heavy atom. The van der Waals surface area contributed by atoms with Gasteiger partial charge in [-0.3, -0.25) is 4.79 Å². The maximum atomic E-state index is 11.9. The minimum atomic E-state index is -0.284. The molecule has 1 aromatic heterocycles. The number of hydrogen-bond acceptors (Lipinski definition) is 6. The molecule has 1 aromatic carbocycles. The first-order valence-corrected chi connectivity index (χ1v) is 9.48. The number of thiazole rings is 1. The Morgan fingerprint density at radius 3 is 2.84 bits per heavy atom. The number of methoxy groups -OCH3 is 1. The standard InChI is InChI=1S/C16H20N4O3S2/c1-11(21)19-13-5-4-12(10-14(13)23-2)20-15(22)17-6-3-8-24-16-18-7-9-25-16/h4-5,7,9-10H,3,6,8H2,1-2H3,(H,19,21)(H2,17,20,22). The molecular weight excluding hydrogens is 360 g/mol. The van der Waals surface area contributed by atoms with Gasteiger partial charge in [-0.1, -0.05) is 11.8 Å². The number of nitrogens with one attached hydrogen (secondary N) is 3. The number of benzene rings is 1. The van der Waals surface area contributed by atoms with E-state index in [4.69, 9.17) is 4.74 Å². The third-order valence-corrected chi connectivity index (χ3v) is 5.06. The lowest BCUT2D eigenvalue weighted by Gasteiger charge is -2.12. The molecule has 0 aliphatic rings. The minimum absolute atomic E-state index is 0.188. The summed E-state index contributed by atoms with van der Waals surface area (Å²) in [5.74, 6) is 1.19. The summed E-state index contributed by atoms with van der Waals surface area (Å²) < 4.78 is 6.26. The van der Waals surface area contributed by atoms with Gasteiger partial charge in [0.05, 0.1) is 12.8 Å². The molecule has 0 spiro atoms. The molecule has 0 bridgehead atoms. The third-order valence-electron chi connectivity index (χ3n) is 3.01. The van der Waals surface area contributed by atoms with E-state index in [1.165, 1.54) is 14.0 Å². The lowest BCUT2D eigenvalue weighted by Crippen LogP contribution is -2.29. The SMILES string of the molecule is COc1cc(NC(=O)NCCCSc2nccs2)ccc1NC(C)=O. The first-order chi connectivity index (χ1) is 12.1. The lowest BCUT2D eigenvalue weighted by molar-refractivity contribution is -0.114. The largest absolute Gasteiger partial charge is 0.494 e. The Hall–Kier alpha value is -2.26. The quantitative estimate of drug-likeness (QED) is 0.482. The zero-order chi connectivity index (χ0) is 18.1. The van der Waals surface area contributed by atoms with Crippen LogP contribution in [0.15, 0.2) is 34.1 Å². The number of amides is 3. The van der Waals surface area contributed by atoms with Gasteiger partial charge in [0.25, 0.3) is 0 Å². The lowest BCUT2D eigenvalue weighted by atomic mass is 10.2. The molecule has 2 aromatic rings. The number of urea groups is 1. The number of carbonyl (C=O) groups is 2. The summed E-state index contributed by atoms with van der Waals surface area (Å²) in [5.41, 5.74) is 1.14. The van der Waals surface area contributed by atoms with Crippen molar-refractivity contribution in [3.05, 3.63) is 29.8 Å². The van der Waals surface area contributed by atoms with Gasteiger partial charge in [0.1, 0.15) is 10.1 Å². The molecule has 9 heteroatoms. The van der Waals surface area contributed by atoms with Crippen molar-refractivity contribution in [2.24, 2.45) is 0 Å². The summed E-state index contributed by atoms with van der Waals surface area (Å²) in [6, 6.07) is 4.75. The van der Waals surface area contributed by atoms with Gasteiger partial charge in [0.2, 0.25) is 5.91 Å². The molecule has 0 fully saturated rings. The molecule has 3 N–H and O–H groups in total. The number of rotatable bonds is 8. The summed E-state index contributed by atoms with van der Waals surface area (Å²) in [5, 5.41) is 10.2. The van der Waals surface area contributed by atoms with E-state index in [0.717, 1.165) is 16.5 Å². The molecule has 1 heterocycles. The van der Waals surface area contributed by atoms with Crippen LogP contribution in [0.4, 0.5) is 16.2 Å². The van der Waals surface area contributed by atoms with Crippen LogP contribution < -0.4 is 20.7 Å². The number of thioether (sulfide) groups is 1. The number of carbonyl (C=O) groups excluding carboxylic acids is 2. The highest BCUT2D eigenvalue weighted by molar-refractivity contribution is 8.00. The fraction of sp³-hybridized carbons (Fsp3) is 0.312. The third kappa shape index (κ3) is 6.63. The van der Waals surface area contributed by atoms with Crippen LogP contribution >= 0.6 is 23.1 Å². The van der Waals surface area contributed by atoms with Gasteiger partial charge >= 0.3 is 6.03 Å². The van der Waals surface area contributed by atoms with Crippen molar-refractivity contribution in [1.29, 1.82) is 0 Å². The molecule has 3 amide bonds. The van der Waals surface area contributed by atoms with E-state index in [1.807, 2.05) is 5.38 Å². The Labute approximate surface area is 154 Å². The van der Waals surface area contributed by atoms with Gasteiger partial charge < -0.3 is 20.7 Å². The maximum absolute atomic E-state index is 11.9. The second-order valence-corrected chi connectivity index (χ2v) is 7.21. The molecule has 0 aliphatic heterocycles. The highest BCUT2D eigenvalue weighted by Crippen LogP contribution is 2.27. The van der Waals surface area contributed by atoms with Gasteiger partial charge in [0, 0.05) is 42.6 Å². The Morgan fingerprint density at radius 2 is 2.16 bits per heavy atom. The molecule has 25 heavy (non-hydrogen) atoms. The normalized spacial score (nSPS) is 10.2. The van der Waals surface area contributed by atoms with Crippen LogP contribution in [0.3, 0.4) is 0 Å². The van der Waals surface area contributed by atoms with E-state index in [1.54, 1.807) is 47.5 Å². The van der Waals surface area contributed by atoms with Gasteiger partial charge in [-0.2, -0.15) is 0 Å².